The number of aromatic nitrogens is 2. The molecule has 0 spiro atoms. The van der Waals surface area contributed by atoms with Gasteiger partial charge in [0.25, 0.3) is 0 Å². The van der Waals surface area contributed by atoms with E-state index in [4.69, 9.17) is 4.74 Å². The first-order valence-electron chi connectivity index (χ1n) is 6.80. The van der Waals surface area contributed by atoms with Crippen LogP contribution in [0, 0.1) is 0 Å². The maximum absolute atomic E-state index is 5.49. The third-order valence-corrected chi connectivity index (χ3v) is 4.16. The fourth-order valence-corrected chi connectivity index (χ4v) is 2.85. The predicted molar refractivity (Wildman–Crippen MR) is 80.6 cm³/mol. The highest BCUT2D eigenvalue weighted by atomic mass is 79.9. The zero-order valence-corrected chi connectivity index (χ0v) is 13.0. The van der Waals surface area contributed by atoms with E-state index in [1.54, 1.807) is 13.4 Å². The molecule has 1 aliphatic carbocycles. The van der Waals surface area contributed by atoms with Crippen LogP contribution in [0.1, 0.15) is 32.6 Å². The summed E-state index contributed by atoms with van der Waals surface area (Å²) in [4.78, 5) is 8.56. The standard InChI is InChI=1S/C13H21BrN4O/c1-3-7-15-12-11(14)13(17-8-16-12)18-9-5-4-6-10(9)19-2/h8-10H,3-7H2,1-2H3,(H2,15,16,17,18). The largest absolute Gasteiger partial charge is 0.379 e. The normalized spacial score (nSPS) is 22.5. The van der Waals surface area contributed by atoms with E-state index in [9.17, 15) is 0 Å². The van der Waals surface area contributed by atoms with Crippen LogP contribution in [0.15, 0.2) is 10.8 Å². The Morgan fingerprint density at radius 2 is 2.16 bits per heavy atom. The summed E-state index contributed by atoms with van der Waals surface area (Å²) in [5.41, 5.74) is 0. The first-order chi connectivity index (χ1) is 9.26. The number of ether oxygens (including phenoxy) is 1. The SMILES string of the molecule is CCCNc1ncnc(NC2CCCC2OC)c1Br. The minimum Gasteiger partial charge on any atom is -0.379 e. The van der Waals surface area contributed by atoms with Crippen LogP contribution in [0.25, 0.3) is 0 Å². The van der Waals surface area contributed by atoms with Gasteiger partial charge >= 0.3 is 0 Å². The second kappa shape index (κ2) is 7.05. The molecule has 0 radical (unpaired) electrons. The maximum atomic E-state index is 5.49. The minimum absolute atomic E-state index is 0.272. The Kier molecular flexibility index (Phi) is 5.39. The van der Waals surface area contributed by atoms with Gasteiger partial charge in [0.05, 0.1) is 12.1 Å². The van der Waals surface area contributed by atoms with Crippen LogP contribution >= 0.6 is 15.9 Å². The molecule has 0 amide bonds. The fourth-order valence-electron chi connectivity index (χ4n) is 2.39. The van der Waals surface area contributed by atoms with Gasteiger partial charge in [0.15, 0.2) is 0 Å². The monoisotopic (exact) mass is 328 g/mol. The summed E-state index contributed by atoms with van der Waals surface area (Å²) >= 11 is 3.57. The second-order valence-electron chi connectivity index (χ2n) is 4.77. The highest BCUT2D eigenvalue weighted by Crippen LogP contribution is 2.30. The van der Waals surface area contributed by atoms with E-state index in [0.717, 1.165) is 41.9 Å². The predicted octanol–water partition coefficient (Wildman–Crippen LogP) is 3.04. The summed E-state index contributed by atoms with van der Waals surface area (Å²) in [7, 11) is 1.77. The number of hydrogen-bond donors (Lipinski definition) is 2. The molecule has 1 aromatic rings. The van der Waals surface area contributed by atoms with Crippen LogP contribution in [-0.4, -0.2) is 35.8 Å². The van der Waals surface area contributed by atoms with E-state index < -0.39 is 0 Å². The van der Waals surface area contributed by atoms with E-state index in [-0.39, 0.29) is 6.10 Å². The second-order valence-corrected chi connectivity index (χ2v) is 5.56. The Morgan fingerprint density at radius 1 is 1.37 bits per heavy atom. The average Bonchev–Trinajstić information content (AvgIpc) is 2.87. The molecule has 1 saturated carbocycles. The van der Waals surface area contributed by atoms with Gasteiger partial charge in [0.2, 0.25) is 0 Å². The topological polar surface area (TPSA) is 59.1 Å². The number of methoxy groups -OCH3 is 1. The van der Waals surface area contributed by atoms with E-state index in [2.05, 4.69) is 43.5 Å². The van der Waals surface area contributed by atoms with Gasteiger partial charge in [-0.25, -0.2) is 9.97 Å². The molecule has 5 nitrogen and oxygen atoms in total. The van der Waals surface area contributed by atoms with Crippen molar-refractivity contribution in [3.63, 3.8) is 0 Å². The quantitative estimate of drug-likeness (QED) is 0.840. The zero-order chi connectivity index (χ0) is 13.7. The number of nitrogens with zero attached hydrogens (tertiary/aromatic N) is 2. The molecule has 0 aliphatic heterocycles. The Labute approximate surface area is 122 Å². The Balaban J connectivity index is 2.07. The van der Waals surface area contributed by atoms with Gasteiger partial charge in [0, 0.05) is 13.7 Å². The lowest BCUT2D eigenvalue weighted by Gasteiger charge is -2.21. The maximum Gasteiger partial charge on any atom is 0.146 e. The molecule has 2 rings (SSSR count). The molecule has 1 aliphatic rings. The molecule has 0 saturated heterocycles. The van der Waals surface area contributed by atoms with Gasteiger partial charge in [-0.1, -0.05) is 6.92 Å². The molecule has 1 aromatic heterocycles. The summed E-state index contributed by atoms with van der Waals surface area (Å²) in [5, 5.41) is 6.75. The van der Waals surface area contributed by atoms with Crippen molar-refractivity contribution in [2.75, 3.05) is 24.3 Å². The van der Waals surface area contributed by atoms with Gasteiger partial charge in [-0.2, -0.15) is 0 Å². The molecule has 1 fully saturated rings. The van der Waals surface area contributed by atoms with Gasteiger partial charge in [-0.15, -0.1) is 0 Å². The summed E-state index contributed by atoms with van der Waals surface area (Å²) in [6.45, 7) is 3.03. The molecular weight excluding hydrogens is 308 g/mol. The van der Waals surface area contributed by atoms with Crippen LogP contribution in [0.4, 0.5) is 11.6 Å². The summed E-state index contributed by atoms with van der Waals surface area (Å²) < 4.78 is 6.39. The first-order valence-corrected chi connectivity index (χ1v) is 7.59. The zero-order valence-electron chi connectivity index (χ0n) is 11.4. The van der Waals surface area contributed by atoms with Crippen molar-refractivity contribution in [3.05, 3.63) is 10.8 Å². The summed E-state index contributed by atoms with van der Waals surface area (Å²) in [5.74, 6) is 1.67. The molecule has 1 heterocycles. The van der Waals surface area contributed by atoms with E-state index in [1.165, 1.54) is 6.42 Å². The van der Waals surface area contributed by atoms with Gasteiger partial charge in [-0.3, -0.25) is 0 Å². The van der Waals surface area contributed by atoms with Crippen molar-refractivity contribution in [2.45, 2.75) is 44.8 Å². The van der Waals surface area contributed by atoms with Crippen LogP contribution < -0.4 is 10.6 Å². The Morgan fingerprint density at radius 3 is 2.89 bits per heavy atom. The third-order valence-electron chi connectivity index (χ3n) is 3.41. The lowest BCUT2D eigenvalue weighted by Crippen LogP contribution is -2.30. The minimum atomic E-state index is 0.272. The highest BCUT2D eigenvalue weighted by molar-refractivity contribution is 9.10. The smallest absolute Gasteiger partial charge is 0.146 e. The van der Waals surface area contributed by atoms with Crippen molar-refractivity contribution >= 4 is 27.6 Å². The van der Waals surface area contributed by atoms with E-state index in [1.807, 2.05) is 0 Å². The highest BCUT2D eigenvalue weighted by Gasteiger charge is 2.28. The molecule has 106 valence electrons. The summed E-state index contributed by atoms with van der Waals surface area (Å²) in [6.07, 6.45) is 6.34. The van der Waals surface area contributed by atoms with Crippen molar-refractivity contribution in [1.29, 1.82) is 0 Å². The lowest BCUT2D eigenvalue weighted by molar-refractivity contribution is 0.101. The number of halogens is 1. The van der Waals surface area contributed by atoms with Crippen LogP contribution in [0.2, 0.25) is 0 Å². The molecule has 0 bridgehead atoms. The van der Waals surface area contributed by atoms with Crippen LogP contribution in [0.5, 0.6) is 0 Å². The van der Waals surface area contributed by atoms with E-state index in [0.29, 0.717) is 6.04 Å². The lowest BCUT2D eigenvalue weighted by atomic mass is 10.2. The van der Waals surface area contributed by atoms with Crippen LogP contribution in [-0.2, 0) is 4.74 Å². The van der Waals surface area contributed by atoms with Crippen molar-refractivity contribution in [1.82, 2.24) is 9.97 Å². The number of nitrogens with one attached hydrogen (secondary N) is 2. The fraction of sp³-hybridized carbons (Fsp3) is 0.692. The molecule has 0 aromatic carbocycles. The number of rotatable bonds is 6. The van der Waals surface area contributed by atoms with Gasteiger partial charge in [0.1, 0.15) is 22.4 Å². The van der Waals surface area contributed by atoms with Crippen LogP contribution in [0.3, 0.4) is 0 Å². The van der Waals surface area contributed by atoms with Gasteiger partial charge in [-0.05, 0) is 41.6 Å². The molecule has 2 atom stereocenters. The van der Waals surface area contributed by atoms with E-state index >= 15 is 0 Å². The molecule has 19 heavy (non-hydrogen) atoms. The van der Waals surface area contributed by atoms with Crippen molar-refractivity contribution in [2.24, 2.45) is 0 Å². The molecule has 2 N–H and O–H groups in total. The molecular formula is C13H21BrN4O. The van der Waals surface area contributed by atoms with Crippen molar-refractivity contribution < 1.29 is 4.74 Å². The molecule has 6 heteroatoms. The molecule has 2 unspecified atom stereocenters. The Hall–Kier alpha value is -0.880. The third kappa shape index (κ3) is 3.57. The summed E-state index contributed by atoms with van der Waals surface area (Å²) in [6, 6.07) is 0.329. The first kappa shape index (κ1) is 14.5. The number of anilines is 2. The Bertz CT molecular complexity index is 416. The number of hydrogen-bond acceptors (Lipinski definition) is 5. The average molecular weight is 329 g/mol. The van der Waals surface area contributed by atoms with Crippen molar-refractivity contribution in [3.8, 4) is 0 Å². The van der Waals surface area contributed by atoms with Gasteiger partial charge < -0.3 is 15.4 Å².